The number of rotatable bonds is 6. The minimum Gasteiger partial charge on any atom is -0.0730 e. The van der Waals surface area contributed by atoms with Gasteiger partial charge in [0.05, 0.1) is 0 Å². The average Bonchev–Trinajstić information content (AvgIpc) is 2.74. The van der Waals surface area contributed by atoms with Crippen molar-refractivity contribution >= 4 is 0 Å². The molecule has 0 fully saturated rings. The quantitative estimate of drug-likeness (QED) is 0.419. The molecule has 1 aromatic carbocycles. The highest BCUT2D eigenvalue weighted by Gasteiger charge is 2.19. The summed E-state index contributed by atoms with van der Waals surface area (Å²) in [6, 6.07) is 8.97. The smallest absolute Gasteiger partial charge is 0.00612 e. The van der Waals surface area contributed by atoms with Crippen LogP contribution >= 0.6 is 0 Å². The van der Waals surface area contributed by atoms with Gasteiger partial charge in [0, 0.05) is 0 Å². The van der Waals surface area contributed by atoms with E-state index in [0.29, 0.717) is 11.3 Å². The molecule has 1 unspecified atom stereocenters. The molecular formula is C32H48. The van der Waals surface area contributed by atoms with Gasteiger partial charge in [0.2, 0.25) is 0 Å². The largest absolute Gasteiger partial charge is 0.0730 e. The molecule has 0 aromatic heterocycles. The number of hydrogen-bond acceptors (Lipinski definition) is 0. The zero-order valence-corrected chi connectivity index (χ0v) is 22.2. The molecule has 1 aromatic rings. The van der Waals surface area contributed by atoms with Crippen molar-refractivity contribution in [1.82, 2.24) is 0 Å². The van der Waals surface area contributed by atoms with Crippen molar-refractivity contribution in [1.29, 1.82) is 0 Å². The Labute approximate surface area is 199 Å². The van der Waals surface area contributed by atoms with Crippen molar-refractivity contribution in [3.05, 3.63) is 82.0 Å². The van der Waals surface area contributed by atoms with E-state index in [-0.39, 0.29) is 0 Å². The summed E-state index contributed by atoms with van der Waals surface area (Å²) in [6.45, 7) is 18.3. The van der Waals surface area contributed by atoms with Gasteiger partial charge in [0.25, 0.3) is 0 Å². The van der Waals surface area contributed by atoms with Crippen LogP contribution in [0.4, 0.5) is 0 Å². The first-order valence-electron chi connectivity index (χ1n) is 12.9. The summed E-state index contributed by atoms with van der Waals surface area (Å²) in [7, 11) is 0. The maximum absolute atomic E-state index is 2.40. The molecule has 0 bridgehead atoms. The maximum Gasteiger partial charge on any atom is -0.00612 e. The van der Waals surface area contributed by atoms with E-state index in [2.05, 4.69) is 104 Å². The third kappa shape index (κ3) is 8.97. The number of aryl methyl sites for hydroxylation is 1. The second-order valence-corrected chi connectivity index (χ2v) is 11.3. The van der Waals surface area contributed by atoms with E-state index in [0.717, 1.165) is 12.3 Å². The van der Waals surface area contributed by atoms with Crippen molar-refractivity contribution in [2.45, 2.75) is 100 Å². The normalized spacial score (nSPS) is 18.8. The summed E-state index contributed by atoms with van der Waals surface area (Å²) in [5.74, 6) is 1.48. The van der Waals surface area contributed by atoms with Crippen LogP contribution < -0.4 is 0 Å². The first-order valence-corrected chi connectivity index (χ1v) is 12.9. The van der Waals surface area contributed by atoms with E-state index in [4.69, 9.17) is 0 Å². The molecule has 0 amide bonds. The molecule has 0 heterocycles. The Bertz CT molecular complexity index is 829. The molecule has 0 N–H and O–H groups in total. The third-order valence-electron chi connectivity index (χ3n) is 6.93. The Morgan fingerprint density at radius 2 is 1.53 bits per heavy atom. The van der Waals surface area contributed by atoms with E-state index in [1.54, 1.807) is 16.7 Å². The van der Waals surface area contributed by atoms with Crippen LogP contribution in [-0.4, -0.2) is 0 Å². The first kappa shape index (κ1) is 26.4. The Hall–Kier alpha value is -1.82. The summed E-state index contributed by atoms with van der Waals surface area (Å²) >= 11 is 0. The van der Waals surface area contributed by atoms with Gasteiger partial charge >= 0.3 is 0 Å². The van der Waals surface area contributed by atoms with Crippen molar-refractivity contribution in [2.75, 3.05) is 0 Å². The third-order valence-corrected chi connectivity index (χ3v) is 6.93. The average molecular weight is 433 g/mol. The van der Waals surface area contributed by atoms with Crippen LogP contribution in [0.25, 0.3) is 0 Å². The van der Waals surface area contributed by atoms with Gasteiger partial charge in [-0.2, -0.15) is 0 Å². The molecule has 2 aliphatic rings. The van der Waals surface area contributed by atoms with Crippen LogP contribution in [0.2, 0.25) is 0 Å². The molecule has 0 spiro atoms. The summed E-state index contributed by atoms with van der Waals surface area (Å²) in [5, 5.41) is 0. The van der Waals surface area contributed by atoms with Gasteiger partial charge in [-0.25, -0.2) is 0 Å². The predicted octanol–water partition coefficient (Wildman–Crippen LogP) is 9.96. The topological polar surface area (TPSA) is 0 Å². The van der Waals surface area contributed by atoms with Gasteiger partial charge in [-0.3, -0.25) is 0 Å². The van der Waals surface area contributed by atoms with E-state index in [1.165, 1.54) is 55.2 Å². The van der Waals surface area contributed by atoms with E-state index >= 15 is 0 Å². The van der Waals surface area contributed by atoms with Crippen LogP contribution in [0.1, 0.15) is 98.1 Å². The van der Waals surface area contributed by atoms with Crippen LogP contribution in [0.15, 0.2) is 70.9 Å². The molecule has 0 saturated heterocycles. The standard InChI is InChI=1S/C20H28.C12H20/c1-5-18(6-2)20-12-11-19(16(4)13-20)14-17-9-7-15(3)8-10-17;1-10-5-7-11(8-6-10)9-12(2,3)4/h7-12,16,18H,5-6,13-14H2,1-4H3;5,7H,6,8-9H2,1-4H3. The fraction of sp³-hybridized carbons (Fsp3) is 0.562. The molecule has 2 aliphatic carbocycles. The second kappa shape index (κ2) is 12.4. The molecule has 0 aliphatic heterocycles. The number of allylic oxidation sites excluding steroid dienone is 8. The Balaban J connectivity index is 0.000000258. The highest BCUT2D eigenvalue weighted by Crippen LogP contribution is 2.33. The molecule has 0 radical (unpaired) electrons. The maximum atomic E-state index is 2.40. The van der Waals surface area contributed by atoms with Crippen LogP contribution in [0.3, 0.4) is 0 Å². The molecule has 3 rings (SSSR count). The summed E-state index contributed by atoms with van der Waals surface area (Å²) in [5.41, 5.74) is 9.62. The van der Waals surface area contributed by atoms with Gasteiger partial charge in [-0.15, -0.1) is 0 Å². The highest BCUT2D eigenvalue weighted by molar-refractivity contribution is 5.33. The molecule has 32 heavy (non-hydrogen) atoms. The van der Waals surface area contributed by atoms with Gasteiger partial charge in [0.1, 0.15) is 0 Å². The fourth-order valence-corrected chi connectivity index (χ4v) is 4.83. The predicted molar refractivity (Wildman–Crippen MR) is 144 cm³/mol. The lowest BCUT2D eigenvalue weighted by atomic mass is 9.79. The molecule has 0 saturated carbocycles. The minimum absolute atomic E-state index is 0.449. The van der Waals surface area contributed by atoms with Crippen molar-refractivity contribution < 1.29 is 0 Å². The number of hydrogen-bond donors (Lipinski definition) is 0. The lowest BCUT2D eigenvalue weighted by Crippen LogP contribution is -2.12. The first-order chi connectivity index (χ1) is 15.1. The SMILES string of the molecule is CC1=CC=C(CC(C)(C)C)CC1.CCC(CC)C1=CC=C(Cc2ccc(C)cc2)C(C)C1. The van der Waals surface area contributed by atoms with Gasteiger partial charge in [0.15, 0.2) is 0 Å². The molecule has 0 nitrogen and oxygen atoms in total. The lowest BCUT2D eigenvalue weighted by molar-refractivity contribution is 0.403. The van der Waals surface area contributed by atoms with Gasteiger partial charge < -0.3 is 0 Å². The minimum atomic E-state index is 0.449. The lowest BCUT2D eigenvalue weighted by Gasteiger charge is -2.26. The van der Waals surface area contributed by atoms with Crippen molar-refractivity contribution in [3.63, 3.8) is 0 Å². The van der Waals surface area contributed by atoms with Crippen LogP contribution in [0, 0.1) is 24.2 Å². The molecular weight excluding hydrogens is 384 g/mol. The molecule has 1 atom stereocenters. The van der Waals surface area contributed by atoms with Crippen LogP contribution in [0.5, 0.6) is 0 Å². The summed E-state index contributed by atoms with van der Waals surface area (Å²) in [4.78, 5) is 0. The molecule has 0 heteroatoms. The highest BCUT2D eigenvalue weighted by atomic mass is 14.2. The van der Waals surface area contributed by atoms with Gasteiger partial charge in [-0.1, -0.05) is 118 Å². The molecule has 176 valence electrons. The monoisotopic (exact) mass is 432 g/mol. The van der Waals surface area contributed by atoms with Crippen LogP contribution in [-0.2, 0) is 6.42 Å². The zero-order chi connectivity index (χ0) is 23.7. The number of benzene rings is 1. The Morgan fingerprint density at radius 1 is 0.875 bits per heavy atom. The van der Waals surface area contributed by atoms with E-state index in [1.807, 2.05) is 0 Å². The summed E-state index contributed by atoms with van der Waals surface area (Å²) in [6.07, 6.45) is 18.1. The zero-order valence-electron chi connectivity index (χ0n) is 22.2. The Morgan fingerprint density at radius 3 is 2.03 bits per heavy atom. The van der Waals surface area contributed by atoms with E-state index in [9.17, 15) is 0 Å². The summed E-state index contributed by atoms with van der Waals surface area (Å²) < 4.78 is 0. The Kier molecular flexibility index (Phi) is 10.3. The van der Waals surface area contributed by atoms with Crippen molar-refractivity contribution in [2.24, 2.45) is 17.3 Å². The fourth-order valence-electron chi connectivity index (χ4n) is 4.83. The van der Waals surface area contributed by atoms with Crippen molar-refractivity contribution in [3.8, 4) is 0 Å². The van der Waals surface area contributed by atoms with Gasteiger partial charge in [-0.05, 0) is 81.6 Å². The second-order valence-electron chi connectivity index (χ2n) is 11.3. The van der Waals surface area contributed by atoms with E-state index < -0.39 is 0 Å².